The van der Waals surface area contributed by atoms with E-state index in [1.54, 1.807) is 18.2 Å². The van der Waals surface area contributed by atoms with Crippen LogP contribution in [0.3, 0.4) is 0 Å². The third kappa shape index (κ3) is 3.67. The fraction of sp³-hybridized carbons (Fsp3) is 0.231. The van der Waals surface area contributed by atoms with Gasteiger partial charge in [0, 0.05) is 10.0 Å². The summed E-state index contributed by atoms with van der Waals surface area (Å²) in [5.41, 5.74) is 0. The lowest BCUT2D eigenvalue weighted by molar-refractivity contribution is 0.265. The average Bonchev–Trinajstić information content (AvgIpc) is 2.74. The first-order valence-electron chi connectivity index (χ1n) is 5.48. The van der Waals surface area contributed by atoms with E-state index in [9.17, 15) is 0 Å². The van der Waals surface area contributed by atoms with Crippen LogP contribution in [0.15, 0.2) is 34.7 Å². The van der Waals surface area contributed by atoms with Gasteiger partial charge in [-0.2, -0.15) is 0 Å². The van der Waals surface area contributed by atoms with Crippen molar-refractivity contribution in [2.45, 2.75) is 13.2 Å². The molecule has 0 radical (unpaired) electrons. The first-order valence-corrected chi connectivity index (χ1v) is 6.24. The molecule has 1 N–H and O–H groups in total. The van der Waals surface area contributed by atoms with E-state index in [0.717, 1.165) is 11.5 Å². The van der Waals surface area contributed by atoms with E-state index in [0.29, 0.717) is 28.9 Å². The topological polar surface area (TPSA) is 34.4 Å². The minimum atomic E-state index is 0.348. The molecule has 0 aliphatic heterocycles. The lowest BCUT2D eigenvalue weighted by Crippen LogP contribution is -2.03. The lowest BCUT2D eigenvalue weighted by Gasteiger charge is -2.05. The summed E-state index contributed by atoms with van der Waals surface area (Å²) in [7, 11) is 1.87. The van der Waals surface area contributed by atoms with Gasteiger partial charge in [0.15, 0.2) is 0 Å². The summed E-state index contributed by atoms with van der Waals surface area (Å²) in [6.07, 6.45) is 0. The van der Waals surface area contributed by atoms with Gasteiger partial charge in [0.05, 0.1) is 6.54 Å². The summed E-state index contributed by atoms with van der Waals surface area (Å²) in [4.78, 5) is 0. The van der Waals surface area contributed by atoms with Crippen LogP contribution in [0, 0.1) is 0 Å². The molecule has 0 aliphatic carbocycles. The zero-order chi connectivity index (χ0) is 13.0. The van der Waals surface area contributed by atoms with Crippen LogP contribution < -0.4 is 10.1 Å². The summed E-state index contributed by atoms with van der Waals surface area (Å²) in [5.74, 6) is 2.26. The van der Waals surface area contributed by atoms with Crippen LogP contribution in [0.4, 0.5) is 0 Å². The van der Waals surface area contributed by atoms with Crippen molar-refractivity contribution < 1.29 is 9.15 Å². The van der Waals surface area contributed by atoms with Gasteiger partial charge in [-0.3, -0.25) is 0 Å². The van der Waals surface area contributed by atoms with Crippen molar-refractivity contribution in [2.24, 2.45) is 0 Å². The molecule has 0 fully saturated rings. The Bertz CT molecular complexity index is 505. The third-order valence-corrected chi connectivity index (χ3v) is 2.72. The van der Waals surface area contributed by atoms with E-state index in [1.165, 1.54) is 0 Å². The number of halogens is 2. The van der Waals surface area contributed by atoms with Crippen LogP contribution in [0.2, 0.25) is 10.0 Å². The van der Waals surface area contributed by atoms with E-state index in [1.807, 2.05) is 19.2 Å². The van der Waals surface area contributed by atoms with Gasteiger partial charge in [-0.05, 0) is 37.4 Å². The molecule has 0 saturated heterocycles. The molecule has 2 rings (SSSR count). The molecule has 5 heteroatoms. The summed E-state index contributed by atoms with van der Waals surface area (Å²) < 4.78 is 11.1. The molecule has 0 saturated carbocycles. The Morgan fingerprint density at radius 3 is 2.44 bits per heavy atom. The van der Waals surface area contributed by atoms with Crippen molar-refractivity contribution in [3.05, 3.63) is 51.9 Å². The Balaban J connectivity index is 1.97. The monoisotopic (exact) mass is 285 g/mol. The number of nitrogens with one attached hydrogen (secondary N) is 1. The van der Waals surface area contributed by atoms with E-state index in [-0.39, 0.29) is 0 Å². The van der Waals surface area contributed by atoms with Crippen molar-refractivity contribution in [1.82, 2.24) is 5.32 Å². The minimum Gasteiger partial charge on any atom is -0.486 e. The van der Waals surface area contributed by atoms with Gasteiger partial charge in [0.25, 0.3) is 0 Å². The van der Waals surface area contributed by atoms with Gasteiger partial charge in [-0.25, -0.2) is 0 Å². The first-order chi connectivity index (χ1) is 8.67. The molecule has 0 unspecified atom stereocenters. The lowest BCUT2D eigenvalue weighted by atomic mass is 10.3. The molecule has 0 aliphatic rings. The highest BCUT2D eigenvalue weighted by Gasteiger charge is 2.04. The number of rotatable bonds is 5. The Hall–Kier alpha value is -1.16. The summed E-state index contributed by atoms with van der Waals surface area (Å²) >= 11 is 11.8. The fourth-order valence-electron chi connectivity index (χ4n) is 1.54. The summed E-state index contributed by atoms with van der Waals surface area (Å²) in [6, 6.07) is 8.89. The molecule has 0 amide bonds. The fourth-order valence-corrected chi connectivity index (χ4v) is 2.04. The predicted molar refractivity (Wildman–Crippen MR) is 72.3 cm³/mol. The largest absolute Gasteiger partial charge is 0.486 e. The van der Waals surface area contributed by atoms with Gasteiger partial charge in [0.2, 0.25) is 0 Å². The quantitative estimate of drug-likeness (QED) is 0.905. The highest BCUT2D eigenvalue weighted by atomic mass is 35.5. The second-order valence-corrected chi connectivity index (χ2v) is 4.67. The smallest absolute Gasteiger partial charge is 0.146 e. The number of furan rings is 1. The second-order valence-electron chi connectivity index (χ2n) is 3.79. The number of hydrogen-bond acceptors (Lipinski definition) is 3. The van der Waals surface area contributed by atoms with Crippen molar-refractivity contribution in [2.75, 3.05) is 7.05 Å². The summed E-state index contributed by atoms with van der Waals surface area (Å²) in [5, 5.41) is 4.11. The van der Waals surface area contributed by atoms with Crippen LogP contribution in [-0.2, 0) is 13.2 Å². The minimum absolute atomic E-state index is 0.348. The standard InChI is InChI=1S/C13H13Cl2NO2/c1-16-7-11-2-3-12(18-11)8-17-13-5-9(14)4-10(15)6-13/h2-6,16H,7-8H2,1H3. The molecule has 18 heavy (non-hydrogen) atoms. The normalized spacial score (nSPS) is 10.6. The van der Waals surface area contributed by atoms with Crippen LogP contribution in [0.25, 0.3) is 0 Å². The Morgan fingerprint density at radius 2 is 1.78 bits per heavy atom. The van der Waals surface area contributed by atoms with Crippen molar-refractivity contribution in [1.29, 1.82) is 0 Å². The SMILES string of the molecule is CNCc1ccc(COc2cc(Cl)cc(Cl)c2)o1. The molecule has 1 heterocycles. The van der Waals surface area contributed by atoms with Gasteiger partial charge >= 0.3 is 0 Å². The van der Waals surface area contributed by atoms with E-state index < -0.39 is 0 Å². The maximum atomic E-state index is 5.88. The van der Waals surface area contributed by atoms with Crippen molar-refractivity contribution >= 4 is 23.2 Å². The number of benzene rings is 1. The molecule has 1 aromatic carbocycles. The van der Waals surface area contributed by atoms with Gasteiger partial charge in [-0.15, -0.1) is 0 Å². The highest BCUT2D eigenvalue weighted by molar-refractivity contribution is 6.34. The number of ether oxygens (including phenoxy) is 1. The Labute approximate surface area is 116 Å². The zero-order valence-electron chi connectivity index (χ0n) is 9.87. The van der Waals surface area contributed by atoms with Crippen LogP contribution in [0.1, 0.15) is 11.5 Å². The third-order valence-electron chi connectivity index (χ3n) is 2.29. The van der Waals surface area contributed by atoms with Crippen LogP contribution in [0.5, 0.6) is 5.75 Å². The Kier molecular flexibility index (Phi) is 4.53. The highest BCUT2D eigenvalue weighted by Crippen LogP contribution is 2.25. The first kappa shape index (κ1) is 13.3. The molecule has 2 aromatic rings. The summed E-state index contributed by atoms with van der Waals surface area (Å²) in [6.45, 7) is 1.05. The van der Waals surface area contributed by atoms with Crippen LogP contribution in [-0.4, -0.2) is 7.05 Å². The van der Waals surface area contributed by atoms with E-state index in [4.69, 9.17) is 32.4 Å². The maximum Gasteiger partial charge on any atom is 0.146 e. The zero-order valence-corrected chi connectivity index (χ0v) is 11.4. The van der Waals surface area contributed by atoms with Gasteiger partial charge < -0.3 is 14.5 Å². The molecule has 0 atom stereocenters. The Morgan fingerprint density at radius 1 is 1.11 bits per heavy atom. The van der Waals surface area contributed by atoms with Crippen LogP contribution >= 0.6 is 23.2 Å². The average molecular weight is 286 g/mol. The second kappa shape index (κ2) is 6.14. The molecule has 3 nitrogen and oxygen atoms in total. The maximum absolute atomic E-state index is 5.88. The predicted octanol–water partition coefficient (Wildman–Crippen LogP) is 3.88. The molecule has 0 bridgehead atoms. The van der Waals surface area contributed by atoms with E-state index in [2.05, 4.69) is 5.32 Å². The van der Waals surface area contributed by atoms with Crippen molar-refractivity contribution in [3.8, 4) is 5.75 Å². The molecule has 1 aromatic heterocycles. The molecule has 96 valence electrons. The molecule has 0 spiro atoms. The van der Waals surface area contributed by atoms with E-state index >= 15 is 0 Å². The number of hydrogen-bond donors (Lipinski definition) is 1. The molecular formula is C13H13Cl2NO2. The molecular weight excluding hydrogens is 273 g/mol. The van der Waals surface area contributed by atoms with Crippen molar-refractivity contribution in [3.63, 3.8) is 0 Å². The van der Waals surface area contributed by atoms with Gasteiger partial charge in [-0.1, -0.05) is 23.2 Å². The van der Waals surface area contributed by atoms with Gasteiger partial charge in [0.1, 0.15) is 23.9 Å².